The Morgan fingerprint density at radius 3 is 2.80 bits per heavy atom. The van der Waals surface area contributed by atoms with Crippen LogP contribution in [0, 0.1) is 0 Å². The van der Waals surface area contributed by atoms with Crippen molar-refractivity contribution in [3.8, 4) is 0 Å². The van der Waals surface area contributed by atoms with Crippen molar-refractivity contribution in [1.29, 1.82) is 0 Å². The van der Waals surface area contributed by atoms with Gasteiger partial charge in [0.05, 0.1) is 5.69 Å². The molecule has 4 heteroatoms. The van der Waals surface area contributed by atoms with Gasteiger partial charge in [0.15, 0.2) is 0 Å². The number of hydrogen-bond donors (Lipinski definition) is 1. The number of rotatable bonds is 4. The molecule has 1 atom stereocenters. The molecule has 1 fully saturated rings. The van der Waals surface area contributed by atoms with Crippen molar-refractivity contribution >= 4 is 11.3 Å². The van der Waals surface area contributed by atoms with Gasteiger partial charge in [-0.3, -0.25) is 0 Å². The molecule has 3 nitrogen and oxygen atoms in total. The molecule has 0 bridgehead atoms. The van der Waals surface area contributed by atoms with Crippen LogP contribution in [-0.4, -0.2) is 18.6 Å². The summed E-state index contributed by atoms with van der Waals surface area (Å²) in [5, 5.41) is 4.71. The normalized spacial score (nSPS) is 25.4. The fraction of sp³-hybridized carbons (Fsp3) is 0.812. The minimum absolute atomic E-state index is 0.0761. The molecule has 1 N–H and O–H groups in total. The van der Waals surface area contributed by atoms with E-state index in [1.807, 2.05) is 11.3 Å². The van der Waals surface area contributed by atoms with Crippen molar-refractivity contribution < 1.29 is 4.74 Å². The number of nitrogens with one attached hydrogen (secondary N) is 1. The maximum atomic E-state index is 6.23. The molecular formula is C16H26N2OS. The molecule has 1 aromatic heterocycles. The van der Waals surface area contributed by atoms with Crippen LogP contribution in [0.4, 0.5) is 0 Å². The number of aromatic nitrogens is 1. The third kappa shape index (κ3) is 2.53. The van der Waals surface area contributed by atoms with Gasteiger partial charge in [-0.15, -0.1) is 11.3 Å². The molecule has 20 heavy (non-hydrogen) atoms. The summed E-state index contributed by atoms with van der Waals surface area (Å²) >= 11 is 1.91. The molecule has 1 saturated carbocycles. The second-order valence-electron chi connectivity index (χ2n) is 6.05. The van der Waals surface area contributed by atoms with E-state index in [9.17, 15) is 0 Å². The predicted octanol–water partition coefficient (Wildman–Crippen LogP) is 3.94. The lowest BCUT2D eigenvalue weighted by atomic mass is 9.85. The van der Waals surface area contributed by atoms with E-state index in [0.29, 0.717) is 6.04 Å². The van der Waals surface area contributed by atoms with Crippen molar-refractivity contribution in [2.75, 3.05) is 13.7 Å². The Hall–Kier alpha value is -0.450. The molecule has 0 amide bonds. The molecule has 0 saturated heterocycles. The highest BCUT2D eigenvalue weighted by molar-refractivity contribution is 7.12. The first-order chi connectivity index (χ1) is 9.79. The van der Waals surface area contributed by atoms with Crippen molar-refractivity contribution in [2.24, 2.45) is 0 Å². The quantitative estimate of drug-likeness (QED) is 0.913. The van der Waals surface area contributed by atoms with Crippen molar-refractivity contribution in [2.45, 2.75) is 69.9 Å². The molecule has 3 rings (SSSR count). The van der Waals surface area contributed by atoms with Gasteiger partial charge in [-0.1, -0.05) is 19.3 Å². The van der Waals surface area contributed by atoms with E-state index < -0.39 is 0 Å². The van der Waals surface area contributed by atoms with Gasteiger partial charge in [0, 0.05) is 17.5 Å². The summed E-state index contributed by atoms with van der Waals surface area (Å²) in [6, 6.07) is 0.507. The van der Waals surface area contributed by atoms with Crippen LogP contribution in [0.1, 0.15) is 73.5 Å². The first-order valence-corrected chi connectivity index (χ1v) is 8.92. The van der Waals surface area contributed by atoms with Crippen LogP contribution in [0.3, 0.4) is 0 Å². The number of nitrogens with zero attached hydrogens (tertiary/aromatic N) is 1. The lowest BCUT2D eigenvalue weighted by molar-refractivity contribution is -0.0705. The summed E-state index contributed by atoms with van der Waals surface area (Å²) in [6.45, 7) is 2.90. The van der Waals surface area contributed by atoms with Crippen LogP contribution < -0.4 is 5.32 Å². The maximum Gasteiger partial charge on any atom is 0.125 e. The van der Waals surface area contributed by atoms with Crippen LogP contribution in [0.5, 0.6) is 0 Å². The summed E-state index contributed by atoms with van der Waals surface area (Å²) in [7, 11) is 2.07. The Bertz CT molecular complexity index is 446. The van der Waals surface area contributed by atoms with Crippen molar-refractivity contribution in [3.05, 3.63) is 15.6 Å². The van der Waals surface area contributed by atoms with Crippen molar-refractivity contribution in [3.63, 3.8) is 0 Å². The van der Waals surface area contributed by atoms with Gasteiger partial charge in [0.25, 0.3) is 0 Å². The molecule has 2 aliphatic rings. The predicted molar refractivity (Wildman–Crippen MR) is 83.2 cm³/mol. The highest BCUT2D eigenvalue weighted by Crippen LogP contribution is 2.45. The van der Waals surface area contributed by atoms with Crippen molar-refractivity contribution in [1.82, 2.24) is 10.3 Å². The van der Waals surface area contributed by atoms with E-state index in [-0.39, 0.29) is 5.60 Å². The summed E-state index contributed by atoms with van der Waals surface area (Å²) in [4.78, 5) is 6.49. The molecule has 1 aromatic rings. The fourth-order valence-corrected chi connectivity index (χ4v) is 5.17. The number of ether oxygens (including phenoxy) is 1. The standard InChI is InChI=1S/C16H26N2OS/c1-3-19-16(10-5-4-6-11-16)15-18-13-9-7-8-12(17-2)14(13)20-15/h12,17H,3-11H2,1-2H3. The Morgan fingerprint density at radius 1 is 1.30 bits per heavy atom. The smallest absolute Gasteiger partial charge is 0.125 e. The van der Waals surface area contributed by atoms with Crippen LogP contribution in [0.15, 0.2) is 0 Å². The van der Waals surface area contributed by atoms with Crippen LogP contribution in [0.25, 0.3) is 0 Å². The second-order valence-corrected chi connectivity index (χ2v) is 7.08. The summed E-state index contributed by atoms with van der Waals surface area (Å²) < 4.78 is 6.23. The van der Waals surface area contributed by atoms with E-state index >= 15 is 0 Å². The maximum absolute atomic E-state index is 6.23. The lowest BCUT2D eigenvalue weighted by Gasteiger charge is -2.35. The lowest BCUT2D eigenvalue weighted by Crippen LogP contribution is -2.32. The van der Waals surface area contributed by atoms with E-state index in [0.717, 1.165) is 25.9 Å². The van der Waals surface area contributed by atoms with Gasteiger partial charge in [0.1, 0.15) is 10.6 Å². The van der Waals surface area contributed by atoms with Gasteiger partial charge < -0.3 is 10.1 Å². The van der Waals surface area contributed by atoms with E-state index in [4.69, 9.17) is 9.72 Å². The van der Waals surface area contributed by atoms with Gasteiger partial charge in [-0.05, 0) is 46.1 Å². The molecule has 0 aliphatic heterocycles. The van der Waals surface area contributed by atoms with Crippen LogP contribution >= 0.6 is 11.3 Å². The van der Waals surface area contributed by atoms with E-state index in [2.05, 4.69) is 19.3 Å². The molecule has 1 heterocycles. The zero-order valence-corrected chi connectivity index (χ0v) is 13.5. The van der Waals surface area contributed by atoms with Gasteiger partial charge >= 0.3 is 0 Å². The van der Waals surface area contributed by atoms with Gasteiger partial charge in [-0.2, -0.15) is 0 Å². The first-order valence-electron chi connectivity index (χ1n) is 8.10. The molecule has 1 unspecified atom stereocenters. The number of fused-ring (bicyclic) bond motifs is 1. The third-order valence-electron chi connectivity index (χ3n) is 4.77. The first kappa shape index (κ1) is 14.5. The highest BCUT2D eigenvalue weighted by Gasteiger charge is 2.39. The second kappa shape index (κ2) is 6.12. The Balaban J connectivity index is 1.94. The molecule has 2 aliphatic carbocycles. The SMILES string of the molecule is CCOC1(c2nc3c(s2)C(NC)CCC3)CCCCC1. The van der Waals surface area contributed by atoms with E-state index in [1.54, 1.807) is 0 Å². The third-order valence-corrected chi connectivity index (χ3v) is 6.17. The highest BCUT2D eigenvalue weighted by atomic mass is 32.1. The molecule has 112 valence electrons. The number of aryl methyl sites for hydroxylation is 1. The zero-order valence-electron chi connectivity index (χ0n) is 12.7. The minimum atomic E-state index is -0.0761. The Kier molecular flexibility index (Phi) is 4.43. The Morgan fingerprint density at radius 2 is 2.10 bits per heavy atom. The largest absolute Gasteiger partial charge is 0.368 e. The number of hydrogen-bond acceptors (Lipinski definition) is 4. The summed E-state index contributed by atoms with van der Waals surface area (Å²) in [5.41, 5.74) is 1.26. The van der Waals surface area contributed by atoms with Crippen LogP contribution in [-0.2, 0) is 16.8 Å². The average molecular weight is 294 g/mol. The fourth-order valence-electron chi connectivity index (χ4n) is 3.71. The zero-order chi connectivity index (χ0) is 14.0. The van der Waals surface area contributed by atoms with Gasteiger partial charge in [-0.25, -0.2) is 4.98 Å². The monoisotopic (exact) mass is 294 g/mol. The molecule has 0 radical (unpaired) electrons. The minimum Gasteiger partial charge on any atom is -0.368 e. The molecule has 0 spiro atoms. The molecular weight excluding hydrogens is 268 g/mol. The van der Waals surface area contributed by atoms with E-state index in [1.165, 1.54) is 47.7 Å². The summed E-state index contributed by atoms with van der Waals surface area (Å²) in [6.07, 6.45) is 9.84. The van der Waals surface area contributed by atoms with Crippen LogP contribution in [0.2, 0.25) is 0 Å². The number of thiazole rings is 1. The topological polar surface area (TPSA) is 34.1 Å². The molecule has 0 aromatic carbocycles. The van der Waals surface area contributed by atoms with Gasteiger partial charge in [0.2, 0.25) is 0 Å². The average Bonchev–Trinajstić information content (AvgIpc) is 2.93. The summed E-state index contributed by atoms with van der Waals surface area (Å²) in [5.74, 6) is 0. The Labute approximate surface area is 126 Å².